The Morgan fingerprint density at radius 3 is 2.46 bits per heavy atom. The van der Waals surface area contributed by atoms with Crippen molar-refractivity contribution in [2.75, 3.05) is 6.61 Å². The quantitative estimate of drug-likeness (QED) is 0.139. The second kappa shape index (κ2) is 12.6. The fourth-order valence-electron chi connectivity index (χ4n) is 2.80. The van der Waals surface area contributed by atoms with Gasteiger partial charge >= 0.3 is 5.97 Å². The van der Waals surface area contributed by atoms with Gasteiger partial charge in [-0.3, -0.25) is 4.79 Å². The van der Waals surface area contributed by atoms with Crippen LogP contribution in [0.4, 0.5) is 0 Å². The maximum absolute atomic E-state index is 12.6. The van der Waals surface area contributed by atoms with Crippen LogP contribution in [0.15, 0.2) is 70.2 Å². The number of halogens is 3. The molecule has 35 heavy (non-hydrogen) atoms. The van der Waals surface area contributed by atoms with Crippen molar-refractivity contribution in [3.05, 3.63) is 86.3 Å². The van der Waals surface area contributed by atoms with Crippen molar-refractivity contribution < 1.29 is 23.8 Å². The van der Waals surface area contributed by atoms with E-state index in [1.807, 2.05) is 6.92 Å². The molecule has 7 nitrogen and oxygen atoms in total. The number of carbonyl (C=O) groups is 2. The molecule has 0 saturated carbocycles. The van der Waals surface area contributed by atoms with Crippen LogP contribution in [0.1, 0.15) is 29.8 Å². The van der Waals surface area contributed by atoms with Gasteiger partial charge in [0.1, 0.15) is 17.2 Å². The molecule has 3 aromatic carbocycles. The van der Waals surface area contributed by atoms with Crippen LogP contribution in [0.25, 0.3) is 0 Å². The SMILES string of the molecule is CCOc1ccc(C(=O)Oc2ccc(Br)cc2/C=N\NC(=O)[C@@H](C)Oc2ccc(Cl)cc2Cl)cc1. The average molecular weight is 580 g/mol. The first-order valence-electron chi connectivity index (χ1n) is 10.5. The summed E-state index contributed by atoms with van der Waals surface area (Å²) in [4.78, 5) is 25.0. The lowest BCUT2D eigenvalue weighted by atomic mass is 10.2. The minimum Gasteiger partial charge on any atom is -0.494 e. The van der Waals surface area contributed by atoms with Crippen LogP contribution in [-0.2, 0) is 4.79 Å². The van der Waals surface area contributed by atoms with Crippen molar-refractivity contribution in [1.29, 1.82) is 0 Å². The molecule has 0 fully saturated rings. The zero-order valence-electron chi connectivity index (χ0n) is 18.8. The number of hydrazone groups is 1. The number of benzene rings is 3. The molecule has 0 saturated heterocycles. The molecule has 1 atom stereocenters. The van der Waals surface area contributed by atoms with Gasteiger partial charge in [0.25, 0.3) is 5.91 Å². The van der Waals surface area contributed by atoms with Crippen LogP contribution < -0.4 is 19.6 Å². The molecule has 0 aliphatic heterocycles. The van der Waals surface area contributed by atoms with Crippen LogP contribution in [0.3, 0.4) is 0 Å². The summed E-state index contributed by atoms with van der Waals surface area (Å²) >= 11 is 15.3. The highest BCUT2D eigenvalue weighted by atomic mass is 79.9. The van der Waals surface area contributed by atoms with E-state index >= 15 is 0 Å². The Balaban J connectivity index is 1.65. The van der Waals surface area contributed by atoms with Gasteiger partial charge in [-0.1, -0.05) is 39.1 Å². The van der Waals surface area contributed by atoms with Crippen molar-refractivity contribution in [3.63, 3.8) is 0 Å². The molecular weight excluding hydrogens is 559 g/mol. The number of ether oxygens (including phenoxy) is 3. The van der Waals surface area contributed by atoms with Crippen molar-refractivity contribution in [2.45, 2.75) is 20.0 Å². The molecule has 0 spiro atoms. The van der Waals surface area contributed by atoms with E-state index in [0.717, 1.165) is 4.47 Å². The van der Waals surface area contributed by atoms with Gasteiger partial charge in [0.15, 0.2) is 6.10 Å². The predicted molar refractivity (Wildman–Crippen MR) is 139 cm³/mol. The first kappa shape index (κ1) is 26.5. The molecule has 0 aliphatic rings. The normalized spacial score (nSPS) is 11.7. The van der Waals surface area contributed by atoms with Gasteiger partial charge in [0.2, 0.25) is 0 Å². The van der Waals surface area contributed by atoms with Gasteiger partial charge in [-0.25, -0.2) is 10.2 Å². The molecule has 0 radical (unpaired) electrons. The number of amides is 1. The number of nitrogens with one attached hydrogen (secondary N) is 1. The molecular formula is C25H21BrCl2N2O5. The summed E-state index contributed by atoms with van der Waals surface area (Å²) in [6, 6.07) is 16.4. The van der Waals surface area contributed by atoms with E-state index < -0.39 is 18.0 Å². The Morgan fingerprint density at radius 2 is 1.77 bits per heavy atom. The van der Waals surface area contributed by atoms with E-state index in [9.17, 15) is 9.59 Å². The van der Waals surface area contributed by atoms with Gasteiger partial charge in [0.05, 0.1) is 23.4 Å². The third kappa shape index (κ3) is 7.71. The van der Waals surface area contributed by atoms with E-state index in [1.165, 1.54) is 12.3 Å². The Morgan fingerprint density at radius 1 is 1.06 bits per heavy atom. The van der Waals surface area contributed by atoms with Crippen LogP contribution in [0.5, 0.6) is 17.2 Å². The zero-order chi connectivity index (χ0) is 25.4. The Labute approximate surface area is 221 Å². The maximum atomic E-state index is 12.6. The lowest BCUT2D eigenvalue weighted by Gasteiger charge is -2.14. The Hall–Kier alpha value is -3.07. The summed E-state index contributed by atoms with van der Waals surface area (Å²) in [6.07, 6.45) is 0.483. The highest BCUT2D eigenvalue weighted by Gasteiger charge is 2.16. The summed E-state index contributed by atoms with van der Waals surface area (Å²) in [7, 11) is 0. The minimum atomic E-state index is -0.884. The zero-order valence-corrected chi connectivity index (χ0v) is 21.9. The van der Waals surface area contributed by atoms with E-state index in [1.54, 1.807) is 61.5 Å². The third-order valence-electron chi connectivity index (χ3n) is 4.52. The summed E-state index contributed by atoms with van der Waals surface area (Å²) in [5.41, 5.74) is 3.23. The fourth-order valence-corrected chi connectivity index (χ4v) is 3.63. The van der Waals surface area contributed by atoms with E-state index in [0.29, 0.717) is 34.3 Å². The smallest absolute Gasteiger partial charge is 0.343 e. The standard InChI is InChI=1S/C25H21BrCl2N2O5/c1-3-33-20-8-4-16(5-9-20)25(32)35-22-10-6-18(26)12-17(22)14-29-30-24(31)15(2)34-23-11-7-19(27)13-21(23)28/h4-15H,3H2,1-2H3,(H,30,31)/b29-14-/t15-/m1/s1. The number of nitrogens with zero attached hydrogens (tertiary/aromatic N) is 1. The van der Waals surface area contributed by atoms with E-state index in [-0.39, 0.29) is 10.8 Å². The predicted octanol–water partition coefficient (Wildman–Crippen LogP) is 6.29. The van der Waals surface area contributed by atoms with Crippen molar-refractivity contribution in [2.24, 2.45) is 5.10 Å². The van der Waals surface area contributed by atoms with Crippen LogP contribution >= 0.6 is 39.1 Å². The molecule has 0 aromatic heterocycles. The lowest BCUT2D eigenvalue weighted by molar-refractivity contribution is -0.127. The van der Waals surface area contributed by atoms with Crippen LogP contribution in [-0.4, -0.2) is 30.8 Å². The highest BCUT2D eigenvalue weighted by Crippen LogP contribution is 2.28. The van der Waals surface area contributed by atoms with Crippen LogP contribution in [0.2, 0.25) is 10.0 Å². The summed E-state index contributed by atoms with van der Waals surface area (Å²) < 4.78 is 17.2. The molecule has 1 amide bonds. The number of esters is 1. The largest absolute Gasteiger partial charge is 0.494 e. The number of hydrogen-bond acceptors (Lipinski definition) is 6. The van der Waals surface area contributed by atoms with Crippen molar-refractivity contribution in [3.8, 4) is 17.2 Å². The molecule has 3 aromatic rings. The van der Waals surface area contributed by atoms with Gasteiger partial charge in [-0.15, -0.1) is 0 Å². The van der Waals surface area contributed by atoms with Gasteiger partial charge < -0.3 is 14.2 Å². The van der Waals surface area contributed by atoms with E-state index in [4.69, 9.17) is 37.4 Å². The topological polar surface area (TPSA) is 86.2 Å². The number of rotatable bonds is 9. The Bertz CT molecular complexity index is 1240. The molecule has 182 valence electrons. The highest BCUT2D eigenvalue weighted by molar-refractivity contribution is 9.10. The fraction of sp³-hybridized carbons (Fsp3) is 0.160. The summed E-state index contributed by atoms with van der Waals surface area (Å²) in [5, 5.41) is 4.71. The lowest BCUT2D eigenvalue weighted by Crippen LogP contribution is -2.33. The van der Waals surface area contributed by atoms with Crippen LogP contribution in [0, 0.1) is 0 Å². The second-order valence-electron chi connectivity index (χ2n) is 7.10. The van der Waals surface area contributed by atoms with Gasteiger partial charge in [0, 0.05) is 15.1 Å². The van der Waals surface area contributed by atoms with Gasteiger partial charge in [-0.05, 0) is 74.5 Å². The Kier molecular flexibility index (Phi) is 9.54. The maximum Gasteiger partial charge on any atom is 0.343 e. The third-order valence-corrected chi connectivity index (χ3v) is 5.54. The molecule has 1 N–H and O–H groups in total. The molecule has 0 bridgehead atoms. The first-order valence-corrected chi connectivity index (χ1v) is 12.0. The molecule has 0 unspecified atom stereocenters. The monoisotopic (exact) mass is 578 g/mol. The van der Waals surface area contributed by atoms with E-state index in [2.05, 4.69) is 26.5 Å². The average Bonchev–Trinajstić information content (AvgIpc) is 2.83. The first-order chi connectivity index (χ1) is 16.8. The minimum absolute atomic E-state index is 0.266. The van der Waals surface area contributed by atoms with Crippen molar-refractivity contribution in [1.82, 2.24) is 5.43 Å². The van der Waals surface area contributed by atoms with Crippen molar-refractivity contribution >= 4 is 57.2 Å². The molecule has 0 aliphatic carbocycles. The molecule has 3 rings (SSSR count). The van der Waals surface area contributed by atoms with Gasteiger partial charge in [-0.2, -0.15) is 5.10 Å². The summed E-state index contributed by atoms with van der Waals surface area (Å²) in [6.45, 7) is 3.96. The molecule has 0 heterocycles. The number of hydrogen-bond donors (Lipinski definition) is 1. The second-order valence-corrected chi connectivity index (χ2v) is 8.86. The summed E-state index contributed by atoms with van der Waals surface area (Å²) in [5.74, 6) is 0.194. The molecule has 10 heteroatoms. The number of carbonyl (C=O) groups excluding carboxylic acids is 2.